The number of rotatable bonds is 9. The van der Waals surface area contributed by atoms with E-state index in [1.807, 2.05) is 12.1 Å². The van der Waals surface area contributed by atoms with Gasteiger partial charge >= 0.3 is 0 Å². The molecule has 1 N–H and O–H groups in total. The number of aromatic amines is 1. The molecule has 1 aromatic heterocycles. The van der Waals surface area contributed by atoms with Crippen molar-refractivity contribution in [3.05, 3.63) is 45.6 Å². The summed E-state index contributed by atoms with van der Waals surface area (Å²) in [4.78, 5) is 18.7. The minimum Gasteiger partial charge on any atom is -0.497 e. The molecule has 0 spiro atoms. The molecule has 0 saturated carbocycles. The Morgan fingerprint density at radius 1 is 1.00 bits per heavy atom. The van der Waals surface area contributed by atoms with Crippen LogP contribution in [0.1, 0.15) is 26.7 Å². The number of hydrogen-bond donors (Lipinski definition) is 1. The number of pyridine rings is 1. The largest absolute Gasteiger partial charge is 0.497 e. The number of H-pyrrole nitrogens is 1. The van der Waals surface area contributed by atoms with Crippen molar-refractivity contribution in [2.45, 2.75) is 26.7 Å². The van der Waals surface area contributed by atoms with Crippen LogP contribution in [0.4, 0.5) is 0 Å². The molecule has 0 radical (unpaired) electrons. The highest BCUT2D eigenvalue weighted by molar-refractivity contribution is 6.35. The topological polar surface area (TPSA) is 54.6 Å². The third-order valence-corrected chi connectivity index (χ3v) is 5.09. The van der Waals surface area contributed by atoms with E-state index in [1.165, 1.54) is 0 Å². The molecule has 0 saturated heterocycles. The van der Waals surface area contributed by atoms with Gasteiger partial charge in [0.25, 0.3) is 0 Å². The smallest absolute Gasteiger partial charge is 0.198 e. The van der Waals surface area contributed by atoms with Crippen molar-refractivity contribution in [3.8, 4) is 11.5 Å². The van der Waals surface area contributed by atoms with Gasteiger partial charge in [-0.15, -0.1) is 0 Å². The fourth-order valence-corrected chi connectivity index (χ4v) is 3.77. The van der Waals surface area contributed by atoms with E-state index in [2.05, 4.69) is 23.7 Å². The van der Waals surface area contributed by atoms with Crippen LogP contribution >= 0.6 is 11.6 Å². The number of methoxy groups -OCH3 is 1. The lowest BCUT2D eigenvalue weighted by atomic mass is 10.1. The average molecular weight is 403 g/mol. The molecule has 28 heavy (non-hydrogen) atoms. The summed E-state index contributed by atoms with van der Waals surface area (Å²) in [5.74, 6) is 1.30. The molecule has 0 unspecified atom stereocenters. The van der Waals surface area contributed by atoms with Gasteiger partial charge in [-0.3, -0.25) is 9.69 Å². The first-order valence-electron chi connectivity index (χ1n) is 9.75. The first-order valence-corrected chi connectivity index (χ1v) is 10.1. The van der Waals surface area contributed by atoms with E-state index in [9.17, 15) is 4.79 Å². The zero-order chi connectivity index (χ0) is 20.1. The van der Waals surface area contributed by atoms with E-state index in [0.29, 0.717) is 39.4 Å². The summed E-state index contributed by atoms with van der Waals surface area (Å²) in [5, 5.41) is 1.40. The maximum atomic E-state index is 13.0. The SMILES string of the molecule is CCCN(CCC)CCOc1ccc2[nH]c3cc(OC)cc(Cl)c3c(=O)c2c1. The highest BCUT2D eigenvalue weighted by atomic mass is 35.5. The second-order valence-corrected chi connectivity index (χ2v) is 7.29. The Hall–Kier alpha value is -2.24. The molecule has 0 aliphatic carbocycles. The molecule has 0 fully saturated rings. The fourth-order valence-electron chi connectivity index (χ4n) is 3.48. The second kappa shape index (κ2) is 9.30. The molecule has 2 aromatic carbocycles. The molecule has 0 aliphatic rings. The Kier molecular flexibility index (Phi) is 6.81. The molecular formula is C22H27ClN2O3. The van der Waals surface area contributed by atoms with Gasteiger partial charge in [0.05, 0.1) is 28.6 Å². The van der Waals surface area contributed by atoms with E-state index in [4.69, 9.17) is 21.1 Å². The summed E-state index contributed by atoms with van der Waals surface area (Å²) < 4.78 is 11.2. The molecule has 0 atom stereocenters. The lowest BCUT2D eigenvalue weighted by molar-refractivity contribution is 0.209. The van der Waals surface area contributed by atoms with Crippen LogP contribution in [-0.4, -0.2) is 43.2 Å². The van der Waals surface area contributed by atoms with E-state index in [1.54, 1.807) is 25.3 Å². The first-order chi connectivity index (χ1) is 13.6. The molecule has 6 heteroatoms. The van der Waals surface area contributed by atoms with Crippen molar-refractivity contribution in [1.82, 2.24) is 9.88 Å². The molecule has 1 heterocycles. The molecular weight excluding hydrogens is 376 g/mol. The van der Waals surface area contributed by atoms with Crippen molar-refractivity contribution in [2.75, 3.05) is 33.4 Å². The monoisotopic (exact) mass is 402 g/mol. The summed E-state index contributed by atoms with van der Waals surface area (Å²) in [6.45, 7) is 7.98. The molecule has 3 rings (SSSR count). The highest BCUT2D eigenvalue weighted by Gasteiger charge is 2.12. The number of benzene rings is 2. The van der Waals surface area contributed by atoms with Gasteiger partial charge in [0.2, 0.25) is 0 Å². The predicted molar refractivity (Wildman–Crippen MR) is 116 cm³/mol. The Morgan fingerprint density at radius 3 is 2.43 bits per heavy atom. The number of halogens is 1. The Bertz CT molecular complexity index is 1010. The van der Waals surface area contributed by atoms with Crippen molar-refractivity contribution >= 4 is 33.4 Å². The number of aromatic nitrogens is 1. The van der Waals surface area contributed by atoms with Crippen molar-refractivity contribution in [2.24, 2.45) is 0 Å². The summed E-state index contributed by atoms with van der Waals surface area (Å²) in [7, 11) is 1.57. The molecule has 0 aliphatic heterocycles. The summed E-state index contributed by atoms with van der Waals surface area (Å²) >= 11 is 6.33. The van der Waals surface area contributed by atoms with E-state index >= 15 is 0 Å². The maximum Gasteiger partial charge on any atom is 0.198 e. The standard InChI is InChI=1S/C22H27ClN2O3/c1-4-8-25(9-5-2)10-11-28-15-6-7-19-17(12-15)22(26)21-18(23)13-16(27-3)14-20(21)24-19/h6-7,12-14H,4-5,8-11H2,1-3H3,(H,24,26). The lowest BCUT2D eigenvalue weighted by Gasteiger charge is -2.20. The van der Waals surface area contributed by atoms with Crippen LogP contribution in [0, 0.1) is 0 Å². The van der Waals surface area contributed by atoms with Gasteiger partial charge in [0.15, 0.2) is 5.43 Å². The van der Waals surface area contributed by atoms with Crippen molar-refractivity contribution < 1.29 is 9.47 Å². The van der Waals surface area contributed by atoms with Gasteiger partial charge in [0, 0.05) is 18.0 Å². The number of fused-ring (bicyclic) bond motifs is 2. The first kappa shape index (κ1) is 20.5. The summed E-state index contributed by atoms with van der Waals surface area (Å²) in [6.07, 6.45) is 2.26. The van der Waals surface area contributed by atoms with Crippen LogP contribution in [0.5, 0.6) is 11.5 Å². The van der Waals surface area contributed by atoms with Crippen LogP contribution in [0.2, 0.25) is 5.02 Å². The van der Waals surface area contributed by atoms with Gasteiger partial charge in [-0.2, -0.15) is 0 Å². The Balaban J connectivity index is 1.87. The average Bonchev–Trinajstić information content (AvgIpc) is 2.68. The summed E-state index contributed by atoms with van der Waals surface area (Å²) in [6, 6.07) is 8.98. The number of nitrogens with one attached hydrogen (secondary N) is 1. The third kappa shape index (κ3) is 4.42. The minimum absolute atomic E-state index is 0.111. The predicted octanol–water partition coefficient (Wildman–Crippen LogP) is 4.84. The summed E-state index contributed by atoms with van der Waals surface area (Å²) in [5.41, 5.74) is 1.29. The molecule has 0 bridgehead atoms. The third-order valence-electron chi connectivity index (χ3n) is 4.79. The van der Waals surface area contributed by atoms with E-state index in [-0.39, 0.29) is 5.43 Å². The van der Waals surface area contributed by atoms with Gasteiger partial charge in [0.1, 0.15) is 18.1 Å². The Morgan fingerprint density at radius 2 is 1.75 bits per heavy atom. The van der Waals surface area contributed by atoms with Crippen LogP contribution in [0.25, 0.3) is 21.8 Å². The molecule has 0 amide bonds. The van der Waals surface area contributed by atoms with Crippen molar-refractivity contribution in [1.29, 1.82) is 0 Å². The normalized spacial score (nSPS) is 11.5. The molecule has 150 valence electrons. The molecule has 5 nitrogen and oxygen atoms in total. The Labute approximate surface area is 170 Å². The van der Waals surface area contributed by atoms with Gasteiger partial charge in [-0.1, -0.05) is 25.4 Å². The van der Waals surface area contributed by atoms with Crippen LogP contribution < -0.4 is 14.9 Å². The minimum atomic E-state index is -0.111. The number of nitrogens with zero attached hydrogens (tertiary/aromatic N) is 1. The number of ether oxygens (including phenoxy) is 2. The van der Waals surface area contributed by atoms with Gasteiger partial charge in [-0.05, 0) is 50.2 Å². The molecule has 3 aromatic rings. The quantitative estimate of drug-likeness (QED) is 0.520. The zero-order valence-electron chi connectivity index (χ0n) is 16.7. The zero-order valence-corrected chi connectivity index (χ0v) is 17.4. The van der Waals surface area contributed by atoms with Gasteiger partial charge < -0.3 is 14.5 Å². The van der Waals surface area contributed by atoms with E-state index < -0.39 is 0 Å². The highest BCUT2D eigenvalue weighted by Crippen LogP contribution is 2.28. The van der Waals surface area contributed by atoms with Crippen LogP contribution in [-0.2, 0) is 0 Å². The van der Waals surface area contributed by atoms with Crippen LogP contribution in [0.3, 0.4) is 0 Å². The van der Waals surface area contributed by atoms with Crippen LogP contribution in [0.15, 0.2) is 35.1 Å². The van der Waals surface area contributed by atoms with Gasteiger partial charge in [-0.25, -0.2) is 0 Å². The lowest BCUT2D eigenvalue weighted by Crippen LogP contribution is -2.30. The maximum absolute atomic E-state index is 13.0. The fraction of sp³-hybridized carbons (Fsp3) is 0.409. The van der Waals surface area contributed by atoms with E-state index in [0.717, 1.165) is 38.0 Å². The van der Waals surface area contributed by atoms with Crippen molar-refractivity contribution in [3.63, 3.8) is 0 Å². The number of hydrogen-bond acceptors (Lipinski definition) is 4. The second-order valence-electron chi connectivity index (χ2n) is 6.88.